The summed E-state index contributed by atoms with van der Waals surface area (Å²) in [4.78, 5) is 27.2. The van der Waals surface area contributed by atoms with Crippen LogP contribution < -0.4 is 19.5 Å². The summed E-state index contributed by atoms with van der Waals surface area (Å²) >= 11 is 0. The first-order valence-corrected chi connectivity index (χ1v) is 13.2. The van der Waals surface area contributed by atoms with Crippen LogP contribution in [0.3, 0.4) is 0 Å². The molecule has 0 radical (unpaired) electrons. The molecule has 2 atom stereocenters. The fraction of sp³-hybridized carbons (Fsp3) is 0.517. The summed E-state index contributed by atoms with van der Waals surface area (Å²) in [5, 5.41) is 3.17. The van der Waals surface area contributed by atoms with Gasteiger partial charge in [0.15, 0.2) is 17.3 Å². The monoisotopic (exact) mass is 512 g/mol. The van der Waals surface area contributed by atoms with E-state index < -0.39 is 6.17 Å². The number of amides is 1. The fourth-order valence-corrected chi connectivity index (χ4v) is 4.89. The lowest BCUT2D eigenvalue weighted by Gasteiger charge is -2.25. The van der Waals surface area contributed by atoms with Crippen molar-refractivity contribution in [3.8, 4) is 17.2 Å². The summed E-state index contributed by atoms with van der Waals surface area (Å²) in [5.74, 6) is 2.27. The maximum absolute atomic E-state index is 13.8. The van der Waals surface area contributed by atoms with Gasteiger partial charge in [0.1, 0.15) is 25.1 Å². The Morgan fingerprint density at radius 3 is 2.54 bits per heavy atom. The minimum atomic E-state index is -0.800. The van der Waals surface area contributed by atoms with E-state index in [9.17, 15) is 14.0 Å². The molecule has 2 aromatic rings. The lowest BCUT2D eigenvalue weighted by molar-refractivity contribution is -0.122. The number of carbonyl (C=O) groups is 2. The molecule has 0 bridgehead atoms. The molecule has 1 amide bonds. The lowest BCUT2D eigenvalue weighted by Crippen LogP contribution is -2.44. The number of Topliss-reactive ketones (excluding diaryl/α,β-unsaturated/α-hetero) is 1. The molecule has 2 aliphatic heterocycles. The zero-order valence-electron chi connectivity index (χ0n) is 21.5. The van der Waals surface area contributed by atoms with Gasteiger partial charge in [-0.1, -0.05) is 12.5 Å². The molecule has 1 fully saturated rings. The predicted octanol–water partition coefficient (Wildman–Crippen LogP) is 4.37. The Balaban J connectivity index is 1.23. The zero-order chi connectivity index (χ0) is 26.0. The number of hydrogen-bond donors (Lipinski definition) is 1. The molecule has 0 aliphatic carbocycles. The van der Waals surface area contributed by atoms with Crippen molar-refractivity contribution in [3.05, 3.63) is 53.6 Å². The van der Waals surface area contributed by atoms with Crippen molar-refractivity contribution in [3.63, 3.8) is 0 Å². The highest BCUT2D eigenvalue weighted by molar-refractivity contribution is 5.96. The van der Waals surface area contributed by atoms with Crippen molar-refractivity contribution >= 4 is 11.7 Å². The van der Waals surface area contributed by atoms with Crippen molar-refractivity contribution in [2.45, 2.75) is 57.2 Å². The van der Waals surface area contributed by atoms with E-state index in [-0.39, 0.29) is 17.7 Å². The number of benzene rings is 2. The SMILES string of the molecule is COc1ccc(C(=O)CCCCCC(=O)NC(Cc2ccc3c(c2)OCCO3)CN2CC[C@@H](F)C2)cc1. The molecular weight excluding hydrogens is 475 g/mol. The Labute approximate surface area is 218 Å². The summed E-state index contributed by atoms with van der Waals surface area (Å²) in [7, 11) is 1.60. The predicted molar refractivity (Wildman–Crippen MR) is 139 cm³/mol. The highest BCUT2D eigenvalue weighted by Gasteiger charge is 2.25. The van der Waals surface area contributed by atoms with Crippen molar-refractivity contribution in [2.24, 2.45) is 0 Å². The van der Waals surface area contributed by atoms with Crippen LogP contribution >= 0.6 is 0 Å². The topological polar surface area (TPSA) is 77.1 Å². The van der Waals surface area contributed by atoms with Gasteiger partial charge >= 0.3 is 0 Å². The average molecular weight is 513 g/mol. The van der Waals surface area contributed by atoms with E-state index in [0.29, 0.717) is 64.1 Å². The molecule has 1 N–H and O–H groups in total. The van der Waals surface area contributed by atoms with Gasteiger partial charge in [-0.3, -0.25) is 14.5 Å². The van der Waals surface area contributed by atoms with Crippen LogP contribution in [0.15, 0.2) is 42.5 Å². The van der Waals surface area contributed by atoms with E-state index in [1.165, 1.54) is 0 Å². The number of carbonyl (C=O) groups excluding carboxylic acids is 2. The molecule has 200 valence electrons. The van der Waals surface area contributed by atoms with Crippen LogP contribution in [-0.4, -0.2) is 68.8 Å². The van der Waals surface area contributed by atoms with Crippen LogP contribution in [0.1, 0.15) is 54.4 Å². The van der Waals surface area contributed by atoms with Crippen LogP contribution in [0.2, 0.25) is 0 Å². The molecule has 1 saturated heterocycles. The summed E-state index contributed by atoms with van der Waals surface area (Å²) in [5.41, 5.74) is 1.72. The molecule has 2 aliphatic rings. The van der Waals surface area contributed by atoms with Gasteiger partial charge in [0.25, 0.3) is 0 Å². The molecule has 4 rings (SSSR count). The van der Waals surface area contributed by atoms with E-state index in [1.54, 1.807) is 31.4 Å². The van der Waals surface area contributed by atoms with E-state index in [0.717, 1.165) is 42.1 Å². The number of methoxy groups -OCH3 is 1. The number of nitrogens with one attached hydrogen (secondary N) is 1. The van der Waals surface area contributed by atoms with Crippen molar-refractivity contribution in [1.29, 1.82) is 0 Å². The summed E-state index contributed by atoms with van der Waals surface area (Å²) in [6.07, 6.45) is 3.50. The van der Waals surface area contributed by atoms with Crippen LogP contribution in [0.4, 0.5) is 4.39 Å². The number of rotatable bonds is 13. The third-order valence-electron chi connectivity index (χ3n) is 6.87. The Bertz CT molecular complexity index is 1050. The van der Waals surface area contributed by atoms with Crippen LogP contribution in [-0.2, 0) is 11.2 Å². The average Bonchev–Trinajstić information content (AvgIpc) is 3.32. The van der Waals surface area contributed by atoms with Gasteiger partial charge in [0.2, 0.25) is 5.91 Å². The first-order valence-electron chi connectivity index (χ1n) is 13.2. The summed E-state index contributed by atoms with van der Waals surface area (Å²) in [6.45, 7) is 2.79. The molecule has 0 aromatic heterocycles. The molecule has 0 spiro atoms. The number of fused-ring (bicyclic) bond motifs is 1. The van der Waals surface area contributed by atoms with E-state index in [2.05, 4.69) is 10.2 Å². The summed E-state index contributed by atoms with van der Waals surface area (Å²) < 4.78 is 30.2. The maximum Gasteiger partial charge on any atom is 0.220 e. The second-order valence-corrected chi connectivity index (χ2v) is 9.80. The largest absolute Gasteiger partial charge is 0.497 e. The lowest BCUT2D eigenvalue weighted by atomic mass is 10.0. The quantitative estimate of drug-likeness (QED) is 0.317. The second kappa shape index (κ2) is 13.4. The highest BCUT2D eigenvalue weighted by Crippen LogP contribution is 2.31. The van der Waals surface area contributed by atoms with E-state index >= 15 is 0 Å². The number of unbranched alkanes of at least 4 members (excludes halogenated alkanes) is 2. The van der Waals surface area contributed by atoms with Gasteiger partial charge in [-0.2, -0.15) is 0 Å². The molecular formula is C29H37FN2O5. The van der Waals surface area contributed by atoms with Crippen LogP contribution in [0.5, 0.6) is 17.2 Å². The van der Waals surface area contributed by atoms with Gasteiger partial charge < -0.3 is 19.5 Å². The Morgan fingerprint density at radius 1 is 1.05 bits per heavy atom. The normalized spacial score (nSPS) is 17.8. The minimum absolute atomic E-state index is 0.0139. The Kier molecular flexibility index (Phi) is 9.77. The van der Waals surface area contributed by atoms with Gasteiger partial charge in [0.05, 0.1) is 7.11 Å². The molecule has 37 heavy (non-hydrogen) atoms. The second-order valence-electron chi connectivity index (χ2n) is 9.80. The standard InChI is InChI=1S/C29H37FN2O5/c1-35-25-10-8-22(9-11-25)26(33)5-3-2-4-6-29(34)31-24(20-32-14-13-23(30)19-32)17-21-7-12-27-28(18-21)37-16-15-36-27/h7-12,18,23-24H,2-6,13-17,19-20H2,1H3,(H,31,34)/t23-,24?/m1/s1. The first-order chi connectivity index (χ1) is 18.0. The van der Waals surface area contributed by atoms with E-state index in [1.807, 2.05) is 18.2 Å². The molecule has 2 aromatic carbocycles. The van der Waals surface area contributed by atoms with Crippen LogP contribution in [0.25, 0.3) is 0 Å². The number of nitrogens with zero attached hydrogens (tertiary/aromatic N) is 1. The molecule has 7 nitrogen and oxygen atoms in total. The van der Waals surface area contributed by atoms with Crippen molar-refractivity contribution in [1.82, 2.24) is 10.2 Å². The first kappa shape index (κ1) is 26.9. The third kappa shape index (κ3) is 8.18. The van der Waals surface area contributed by atoms with Crippen LogP contribution in [0, 0.1) is 0 Å². The smallest absolute Gasteiger partial charge is 0.220 e. The van der Waals surface area contributed by atoms with Gasteiger partial charge in [-0.05, 0) is 67.6 Å². The third-order valence-corrected chi connectivity index (χ3v) is 6.87. The number of likely N-dealkylation sites (tertiary alicyclic amines) is 1. The molecule has 0 saturated carbocycles. The minimum Gasteiger partial charge on any atom is -0.497 e. The number of ketones is 1. The zero-order valence-corrected chi connectivity index (χ0v) is 21.5. The van der Waals surface area contributed by atoms with E-state index in [4.69, 9.17) is 14.2 Å². The number of ether oxygens (including phenoxy) is 3. The van der Waals surface area contributed by atoms with Crippen molar-refractivity contribution < 1.29 is 28.2 Å². The van der Waals surface area contributed by atoms with Crippen molar-refractivity contribution in [2.75, 3.05) is 40.0 Å². The Hall–Kier alpha value is -3.13. The number of halogens is 1. The number of hydrogen-bond acceptors (Lipinski definition) is 6. The number of alkyl halides is 1. The summed E-state index contributed by atoms with van der Waals surface area (Å²) in [6, 6.07) is 12.9. The molecule has 8 heteroatoms. The highest BCUT2D eigenvalue weighted by atomic mass is 19.1. The molecule has 1 unspecified atom stereocenters. The molecule has 2 heterocycles. The maximum atomic E-state index is 13.8. The van der Waals surface area contributed by atoms with Gasteiger partial charge in [0, 0.05) is 44.1 Å². The Morgan fingerprint density at radius 2 is 1.81 bits per heavy atom. The van der Waals surface area contributed by atoms with Gasteiger partial charge in [-0.15, -0.1) is 0 Å². The fourth-order valence-electron chi connectivity index (χ4n) is 4.89. The van der Waals surface area contributed by atoms with Gasteiger partial charge in [-0.25, -0.2) is 4.39 Å².